The third kappa shape index (κ3) is 2.74. The average Bonchev–Trinajstić information content (AvgIpc) is 2.54. The number of benzene rings is 2. The molecule has 2 atom stereocenters. The Hall–Kier alpha value is -1.64. The molecule has 2 unspecified atom stereocenters. The van der Waals surface area contributed by atoms with Gasteiger partial charge in [0.1, 0.15) is 0 Å². The van der Waals surface area contributed by atoms with Crippen molar-refractivity contribution in [1.82, 2.24) is 4.90 Å². The first-order valence-electron chi connectivity index (χ1n) is 7.74. The number of rotatable bonds is 3. The van der Waals surface area contributed by atoms with Gasteiger partial charge in [-0.15, -0.1) is 0 Å². The molecule has 3 rings (SSSR count). The van der Waals surface area contributed by atoms with Crippen LogP contribution in [-0.2, 0) is 18.5 Å². The van der Waals surface area contributed by atoms with Crippen LogP contribution >= 0.6 is 0 Å². The standard InChI is InChI=1S/C19H24N2/c1-15(19(2,20)18-10-4-3-5-11-18)21-13-12-16-8-6-7-9-17(16)14-21/h3-11,15H,12-14,20H2,1-2H3. The van der Waals surface area contributed by atoms with E-state index in [-0.39, 0.29) is 5.54 Å². The zero-order valence-corrected chi connectivity index (χ0v) is 12.9. The molecule has 2 N–H and O–H groups in total. The monoisotopic (exact) mass is 280 g/mol. The zero-order chi connectivity index (χ0) is 14.9. The minimum atomic E-state index is -0.340. The molecule has 0 fully saturated rings. The first-order valence-corrected chi connectivity index (χ1v) is 7.74. The van der Waals surface area contributed by atoms with E-state index in [4.69, 9.17) is 5.73 Å². The van der Waals surface area contributed by atoms with Crippen molar-refractivity contribution >= 4 is 0 Å². The zero-order valence-electron chi connectivity index (χ0n) is 12.9. The van der Waals surface area contributed by atoms with E-state index in [0.717, 1.165) is 19.5 Å². The van der Waals surface area contributed by atoms with E-state index >= 15 is 0 Å². The molecule has 0 saturated heterocycles. The fourth-order valence-electron chi connectivity index (χ4n) is 3.27. The number of hydrogen-bond acceptors (Lipinski definition) is 2. The van der Waals surface area contributed by atoms with Gasteiger partial charge in [0, 0.05) is 19.1 Å². The van der Waals surface area contributed by atoms with Crippen LogP contribution in [0.4, 0.5) is 0 Å². The van der Waals surface area contributed by atoms with Crippen molar-refractivity contribution in [2.24, 2.45) is 5.73 Å². The van der Waals surface area contributed by atoms with Crippen molar-refractivity contribution in [2.45, 2.75) is 38.4 Å². The Balaban J connectivity index is 1.82. The topological polar surface area (TPSA) is 29.3 Å². The Kier molecular flexibility index (Phi) is 3.83. The molecule has 2 aromatic carbocycles. The molecule has 0 saturated carbocycles. The van der Waals surface area contributed by atoms with Crippen molar-refractivity contribution in [3.05, 3.63) is 71.3 Å². The van der Waals surface area contributed by atoms with Crippen LogP contribution in [-0.4, -0.2) is 17.5 Å². The van der Waals surface area contributed by atoms with E-state index in [2.05, 4.69) is 67.3 Å². The summed E-state index contributed by atoms with van der Waals surface area (Å²) in [5.74, 6) is 0. The van der Waals surface area contributed by atoms with Gasteiger partial charge in [0.2, 0.25) is 0 Å². The van der Waals surface area contributed by atoms with Crippen LogP contribution in [0, 0.1) is 0 Å². The second-order valence-electron chi connectivity index (χ2n) is 6.31. The molecule has 2 heteroatoms. The average molecular weight is 280 g/mol. The highest BCUT2D eigenvalue weighted by Crippen LogP contribution is 2.29. The van der Waals surface area contributed by atoms with Crippen molar-refractivity contribution < 1.29 is 0 Å². The summed E-state index contributed by atoms with van der Waals surface area (Å²) >= 11 is 0. The Morgan fingerprint density at radius 2 is 1.62 bits per heavy atom. The van der Waals surface area contributed by atoms with E-state index in [1.165, 1.54) is 16.7 Å². The third-order valence-corrected chi connectivity index (χ3v) is 4.97. The van der Waals surface area contributed by atoms with Crippen molar-refractivity contribution in [1.29, 1.82) is 0 Å². The first kappa shape index (κ1) is 14.3. The molecule has 0 aliphatic carbocycles. The molecule has 1 aliphatic heterocycles. The maximum atomic E-state index is 6.69. The van der Waals surface area contributed by atoms with Crippen LogP contribution in [0.5, 0.6) is 0 Å². The lowest BCUT2D eigenvalue weighted by Gasteiger charge is -2.42. The van der Waals surface area contributed by atoms with Gasteiger partial charge < -0.3 is 5.73 Å². The largest absolute Gasteiger partial charge is 0.320 e. The molecule has 110 valence electrons. The lowest BCUT2D eigenvalue weighted by molar-refractivity contribution is 0.126. The van der Waals surface area contributed by atoms with Gasteiger partial charge in [0.05, 0.1) is 5.54 Å². The summed E-state index contributed by atoms with van der Waals surface area (Å²) < 4.78 is 0. The van der Waals surface area contributed by atoms with Crippen LogP contribution in [0.2, 0.25) is 0 Å². The molecule has 0 amide bonds. The number of nitrogens with zero attached hydrogens (tertiary/aromatic N) is 1. The maximum Gasteiger partial charge on any atom is 0.0536 e. The summed E-state index contributed by atoms with van der Waals surface area (Å²) in [6, 6.07) is 19.5. The van der Waals surface area contributed by atoms with E-state index in [0.29, 0.717) is 6.04 Å². The predicted octanol–water partition coefficient (Wildman–Crippen LogP) is 3.31. The lowest BCUT2D eigenvalue weighted by Crippen LogP contribution is -2.53. The van der Waals surface area contributed by atoms with Gasteiger partial charge >= 0.3 is 0 Å². The summed E-state index contributed by atoms with van der Waals surface area (Å²) in [6.07, 6.45) is 1.12. The molecule has 0 bridgehead atoms. The van der Waals surface area contributed by atoms with Gasteiger partial charge in [0.25, 0.3) is 0 Å². The molecule has 2 aromatic rings. The highest BCUT2D eigenvalue weighted by molar-refractivity contribution is 5.30. The summed E-state index contributed by atoms with van der Waals surface area (Å²) in [6.45, 7) is 6.48. The van der Waals surface area contributed by atoms with E-state index < -0.39 is 0 Å². The second-order valence-corrected chi connectivity index (χ2v) is 6.31. The van der Waals surface area contributed by atoms with Crippen LogP contribution in [0.25, 0.3) is 0 Å². The van der Waals surface area contributed by atoms with Crippen LogP contribution in [0.1, 0.15) is 30.5 Å². The van der Waals surface area contributed by atoms with Gasteiger partial charge in [-0.1, -0.05) is 54.6 Å². The van der Waals surface area contributed by atoms with Gasteiger partial charge in [-0.3, -0.25) is 4.90 Å². The van der Waals surface area contributed by atoms with Gasteiger partial charge in [-0.05, 0) is 37.0 Å². The maximum absolute atomic E-state index is 6.69. The number of nitrogens with two attached hydrogens (primary N) is 1. The minimum absolute atomic E-state index is 0.299. The lowest BCUT2D eigenvalue weighted by atomic mass is 9.84. The van der Waals surface area contributed by atoms with Crippen LogP contribution in [0.3, 0.4) is 0 Å². The SMILES string of the molecule is CC(N1CCc2ccccc2C1)C(C)(N)c1ccccc1. The van der Waals surface area contributed by atoms with Crippen LogP contribution < -0.4 is 5.73 Å². The number of fused-ring (bicyclic) bond motifs is 1. The molecule has 0 aromatic heterocycles. The summed E-state index contributed by atoms with van der Waals surface area (Å²) in [5, 5.41) is 0. The highest BCUT2D eigenvalue weighted by Gasteiger charge is 2.34. The summed E-state index contributed by atoms with van der Waals surface area (Å²) in [5.41, 5.74) is 10.5. The Morgan fingerprint density at radius 3 is 2.33 bits per heavy atom. The molecule has 0 radical (unpaired) electrons. The smallest absolute Gasteiger partial charge is 0.0536 e. The van der Waals surface area contributed by atoms with E-state index in [1.807, 2.05) is 6.07 Å². The fourth-order valence-corrected chi connectivity index (χ4v) is 3.27. The molecule has 1 aliphatic rings. The fraction of sp³-hybridized carbons (Fsp3) is 0.368. The Bertz CT molecular complexity index is 604. The summed E-state index contributed by atoms with van der Waals surface area (Å²) in [7, 11) is 0. The molecule has 1 heterocycles. The van der Waals surface area contributed by atoms with Crippen molar-refractivity contribution in [3.8, 4) is 0 Å². The summed E-state index contributed by atoms with van der Waals surface area (Å²) in [4.78, 5) is 2.51. The highest BCUT2D eigenvalue weighted by atomic mass is 15.2. The van der Waals surface area contributed by atoms with E-state index in [9.17, 15) is 0 Å². The minimum Gasteiger partial charge on any atom is -0.320 e. The molecule has 21 heavy (non-hydrogen) atoms. The number of hydrogen-bond donors (Lipinski definition) is 1. The van der Waals surface area contributed by atoms with Gasteiger partial charge in [0.15, 0.2) is 0 Å². The normalized spacial score (nSPS) is 19.6. The second kappa shape index (κ2) is 5.63. The predicted molar refractivity (Wildman–Crippen MR) is 88.0 cm³/mol. The Labute approximate surface area is 127 Å². The van der Waals surface area contributed by atoms with Crippen LogP contribution in [0.15, 0.2) is 54.6 Å². The molecule has 2 nitrogen and oxygen atoms in total. The molecule has 0 spiro atoms. The van der Waals surface area contributed by atoms with Gasteiger partial charge in [-0.25, -0.2) is 0 Å². The van der Waals surface area contributed by atoms with Crippen molar-refractivity contribution in [2.75, 3.05) is 6.54 Å². The van der Waals surface area contributed by atoms with E-state index in [1.54, 1.807) is 0 Å². The quantitative estimate of drug-likeness (QED) is 0.934. The Morgan fingerprint density at radius 1 is 1.00 bits per heavy atom. The van der Waals surface area contributed by atoms with Crippen molar-refractivity contribution in [3.63, 3.8) is 0 Å². The third-order valence-electron chi connectivity index (χ3n) is 4.97. The van der Waals surface area contributed by atoms with Gasteiger partial charge in [-0.2, -0.15) is 0 Å². The molecular weight excluding hydrogens is 256 g/mol. The first-order chi connectivity index (χ1) is 10.1. The molecular formula is C19H24N2.